The van der Waals surface area contributed by atoms with Crippen molar-refractivity contribution in [2.75, 3.05) is 0 Å². The predicted molar refractivity (Wildman–Crippen MR) is 109 cm³/mol. The van der Waals surface area contributed by atoms with Crippen LogP contribution in [0.5, 0.6) is 0 Å². The summed E-state index contributed by atoms with van der Waals surface area (Å²) < 4.78 is 1.81. The van der Waals surface area contributed by atoms with Gasteiger partial charge in [-0.15, -0.1) is 0 Å². The fourth-order valence-electron chi connectivity index (χ4n) is 4.48. The van der Waals surface area contributed by atoms with Gasteiger partial charge in [-0.3, -0.25) is 14.2 Å². The molecule has 0 spiro atoms. The van der Waals surface area contributed by atoms with Gasteiger partial charge in [0.15, 0.2) is 0 Å². The molecule has 3 aromatic carbocycles. The van der Waals surface area contributed by atoms with E-state index >= 15 is 0 Å². The minimum Gasteiger partial charge on any atom is -0.481 e. The number of para-hydroxylation sites is 1. The minimum atomic E-state index is -0.761. The molecule has 4 nitrogen and oxygen atoms in total. The highest BCUT2D eigenvalue weighted by molar-refractivity contribution is 6.11. The molecule has 4 heteroatoms. The Hall–Kier alpha value is -3.40. The third-order valence-corrected chi connectivity index (χ3v) is 5.84. The van der Waals surface area contributed by atoms with Crippen LogP contribution in [-0.2, 0) is 17.6 Å². The lowest BCUT2D eigenvalue weighted by molar-refractivity contribution is -0.142. The molecule has 1 aromatic heterocycles. The molecule has 1 aliphatic carbocycles. The number of aromatic nitrogens is 1. The number of carboxylic acid groups (broad SMARTS) is 1. The number of hydrogen-bond acceptors (Lipinski definition) is 2. The summed E-state index contributed by atoms with van der Waals surface area (Å²) in [6, 6.07) is 21.5. The molecule has 0 aliphatic heterocycles. The second kappa shape index (κ2) is 6.34. The Labute approximate surface area is 162 Å². The molecule has 0 amide bonds. The summed E-state index contributed by atoms with van der Waals surface area (Å²) in [5.74, 6) is -1.20. The fraction of sp³-hybridized carbons (Fsp3) is 0.167. The maximum Gasteiger partial charge on any atom is 0.306 e. The second-order valence-electron chi connectivity index (χ2n) is 7.39. The summed E-state index contributed by atoms with van der Waals surface area (Å²) in [7, 11) is 0. The normalized spacial score (nSPS) is 16.2. The molecule has 1 N–H and O–H groups in total. The van der Waals surface area contributed by atoms with Gasteiger partial charge in [-0.05, 0) is 47.7 Å². The van der Waals surface area contributed by atoms with Crippen molar-refractivity contribution in [3.8, 4) is 0 Å². The largest absolute Gasteiger partial charge is 0.481 e. The van der Waals surface area contributed by atoms with Gasteiger partial charge >= 0.3 is 5.97 Å². The van der Waals surface area contributed by atoms with Crippen molar-refractivity contribution in [1.29, 1.82) is 0 Å². The van der Waals surface area contributed by atoms with Gasteiger partial charge in [0.05, 0.1) is 11.4 Å². The van der Waals surface area contributed by atoms with Crippen molar-refractivity contribution in [3.05, 3.63) is 83.6 Å². The highest BCUT2D eigenvalue weighted by atomic mass is 16.4. The van der Waals surface area contributed by atoms with Crippen LogP contribution in [0.15, 0.2) is 66.7 Å². The molecule has 5 rings (SSSR count). The monoisotopic (exact) mass is 369 g/mol. The molecule has 0 saturated carbocycles. The Morgan fingerprint density at radius 1 is 0.893 bits per heavy atom. The minimum absolute atomic E-state index is 0.0528. The highest BCUT2D eigenvalue weighted by Gasteiger charge is 2.31. The van der Waals surface area contributed by atoms with Crippen LogP contribution in [0.2, 0.25) is 0 Å². The van der Waals surface area contributed by atoms with E-state index in [4.69, 9.17) is 0 Å². The summed E-state index contributed by atoms with van der Waals surface area (Å²) in [5.41, 5.74) is 3.48. The van der Waals surface area contributed by atoms with Gasteiger partial charge in [-0.25, -0.2) is 0 Å². The first kappa shape index (κ1) is 16.8. The number of carboxylic acids is 1. The molecule has 4 aromatic rings. The standard InChI is InChI=1S/C24H19NO3/c26-23(19-10-5-7-15-6-1-2-8-17(15)19)25-21-11-4-3-9-18(21)20-14-16(24(27)28)12-13-22(20)25/h1-11,16H,12-14H2,(H,27,28). The van der Waals surface area contributed by atoms with Gasteiger partial charge in [0.2, 0.25) is 0 Å². The van der Waals surface area contributed by atoms with Crippen LogP contribution in [0.25, 0.3) is 21.7 Å². The first-order valence-corrected chi connectivity index (χ1v) is 9.51. The van der Waals surface area contributed by atoms with E-state index < -0.39 is 5.97 Å². The van der Waals surface area contributed by atoms with Crippen molar-refractivity contribution in [1.82, 2.24) is 4.57 Å². The molecular weight excluding hydrogens is 350 g/mol. The zero-order valence-electron chi connectivity index (χ0n) is 15.3. The third-order valence-electron chi connectivity index (χ3n) is 5.84. The van der Waals surface area contributed by atoms with Crippen LogP contribution in [0, 0.1) is 5.92 Å². The summed E-state index contributed by atoms with van der Waals surface area (Å²) in [6.45, 7) is 0. The molecule has 0 saturated heterocycles. The van der Waals surface area contributed by atoms with E-state index in [1.165, 1.54) is 0 Å². The van der Waals surface area contributed by atoms with E-state index in [0.717, 1.165) is 32.9 Å². The van der Waals surface area contributed by atoms with Crippen molar-refractivity contribution in [2.24, 2.45) is 5.92 Å². The third kappa shape index (κ3) is 2.45. The number of carbonyl (C=O) groups excluding carboxylic acids is 1. The van der Waals surface area contributed by atoms with Crippen LogP contribution in [0.4, 0.5) is 0 Å². The highest BCUT2D eigenvalue weighted by Crippen LogP contribution is 2.35. The summed E-state index contributed by atoms with van der Waals surface area (Å²) in [4.78, 5) is 25.2. The molecule has 1 atom stereocenters. The van der Waals surface area contributed by atoms with Gasteiger partial charge in [-0.2, -0.15) is 0 Å². The Morgan fingerprint density at radius 3 is 2.43 bits per heavy atom. The lowest BCUT2D eigenvalue weighted by atomic mass is 9.86. The van der Waals surface area contributed by atoms with Crippen LogP contribution < -0.4 is 0 Å². The molecule has 138 valence electrons. The molecule has 1 unspecified atom stereocenters. The maximum atomic E-state index is 13.7. The number of benzene rings is 3. The summed E-state index contributed by atoms with van der Waals surface area (Å²) >= 11 is 0. The van der Waals surface area contributed by atoms with Crippen molar-refractivity contribution in [3.63, 3.8) is 0 Å². The van der Waals surface area contributed by atoms with E-state index in [0.29, 0.717) is 24.8 Å². The van der Waals surface area contributed by atoms with E-state index in [2.05, 4.69) is 0 Å². The first-order chi connectivity index (χ1) is 13.6. The number of fused-ring (bicyclic) bond motifs is 4. The summed E-state index contributed by atoms with van der Waals surface area (Å²) in [6.07, 6.45) is 1.62. The Balaban J connectivity index is 1.74. The zero-order chi connectivity index (χ0) is 19.3. The number of nitrogens with zero attached hydrogens (tertiary/aromatic N) is 1. The molecular formula is C24H19NO3. The topological polar surface area (TPSA) is 59.3 Å². The van der Waals surface area contributed by atoms with Gasteiger partial charge in [-0.1, -0.05) is 54.6 Å². The number of hydrogen-bond donors (Lipinski definition) is 1. The average Bonchev–Trinajstić information content (AvgIpc) is 3.06. The van der Waals surface area contributed by atoms with Crippen LogP contribution >= 0.6 is 0 Å². The van der Waals surface area contributed by atoms with E-state index in [1.807, 2.05) is 71.3 Å². The van der Waals surface area contributed by atoms with Gasteiger partial charge in [0.1, 0.15) is 0 Å². The fourth-order valence-corrected chi connectivity index (χ4v) is 4.48. The molecule has 0 bridgehead atoms. The van der Waals surface area contributed by atoms with E-state index in [9.17, 15) is 14.7 Å². The maximum absolute atomic E-state index is 13.7. The van der Waals surface area contributed by atoms with Gasteiger partial charge in [0, 0.05) is 16.6 Å². The van der Waals surface area contributed by atoms with Crippen molar-refractivity contribution < 1.29 is 14.7 Å². The Kier molecular flexibility index (Phi) is 3.79. The molecule has 28 heavy (non-hydrogen) atoms. The number of rotatable bonds is 2. The molecule has 0 radical (unpaired) electrons. The second-order valence-corrected chi connectivity index (χ2v) is 7.39. The van der Waals surface area contributed by atoms with Crippen LogP contribution in [-0.4, -0.2) is 21.6 Å². The zero-order valence-corrected chi connectivity index (χ0v) is 15.3. The number of aliphatic carboxylic acids is 1. The molecule has 1 aliphatic rings. The SMILES string of the molecule is O=C(O)C1CCc2c(c3ccccc3n2C(=O)c2cccc3ccccc23)C1. The Morgan fingerprint density at radius 2 is 1.61 bits per heavy atom. The van der Waals surface area contributed by atoms with Crippen LogP contribution in [0.3, 0.4) is 0 Å². The number of carbonyl (C=O) groups is 2. The first-order valence-electron chi connectivity index (χ1n) is 9.51. The van der Waals surface area contributed by atoms with Gasteiger partial charge < -0.3 is 5.11 Å². The van der Waals surface area contributed by atoms with E-state index in [1.54, 1.807) is 0 Å². The molecule has 0 fully saturated rings. The lowest BCUT2D eigenvalue weighted by Gasteiger charge is -2.20. The average molecular weight is 369 g/mol. The summed E-state index contributed by atoms with van der Waals surface area (Å²) in [5, 5.41) is 12.4. The molecule has 1 heterocycles. The smallest absolute Gasteiger partial charge is 0.306 e. The van der Waals surface area contributed by atoms with E-state index in [-0.39, 0.29) is 11.8 Å². The quantitative estimate of drug-likeness (QED) is 0.558. The van der Waals surface area contributed by atoms with Crippen LogP contribution in [0.1, 0.15) is 28.0 Å². The lowest BCUT2D eigenvalue weighted by Crippen LogP contribution is -2.24. The Bertz CT molecular complexity index is 1250. The van der Waals surface area contributed by atoms with Crippen molar-refractivity contribution in [2.45, 2.75) is 19.3 Å². The van der Waals surface area contributed by atoms with Gasteiger partial charge in [0.25, 0.3) is 5.91 Å². The van der Waals surface area contributed by atoms with Crippen molar-refractivity contribution >= 4 is 33.6 Å². The predicted octanol–water partition coefficient (Wildman–Crippen LogP) is 4.67.